The highest BCUT2D eigenvalue weighted by atomic mass is 35.5. The molecule has 0 aliphatic rings. The van der Waals surface area contributed by atoms with Crippen molar-refractivity contribution < 1.29 is 9.18 Å². The first-order valence-corrected chi connectivity index (χ1v) is 8.05. The minimum absolute atomic E-state index is 0.179. The van der Waals surface area contributed by atoms with Gasteiger partial charge in [-0.05, 0) is 48.9 Å². The molecule has 0 saturated carbocycles. The van der Waals surface area contributed by atoms with Gasteiger partial charge in [0.05, 0.1) is 11.6 Å². The Morgan fingerprint density at radius 3 is 2.24 bits per heavy atom. The molecule has 2 aromatic carbocycles. The predicted octanol–water partition coefficient (Wildman–Crippen LogP) is 4.43. The lowest BCUT2D eigenvalue weighted by Gasteiger charge is -2.14. The Morgan fingerprint density at radius 1 is 1.04 bits per heavy atom. The quantitative estimate of drug-likeness (QED) is 0.753. The molecule has 6 heteroatoms. The molecule has 0 saturated heterocycles. The maximum absolute atomic E-state index is 13.0. The van der Waals surface area contributed by atoms with Gasteiger partial charge in [0.2, 0.25) is 0 Å². The minimum Gasteiger partial charge on any atom is -0.345 e. The molecule has 1 aromatic heterocycles. The fraction of sp³-hybridized carbons (Fsp3) is 0.105. The van der Waals surface area contributed by atoms with Crippen molar-refractivity contribution in [3.63, 3.8) is 0 Å². The van der Waals surface area contributed by atoms with Crippen molar-refractivity contribution in [1.82, 2.24) is 15.3 Å². The molecule has 0 unspecified atom stereocenters. The Morgan fingerprint density at radius 2 is 1.64 bits per heavy atom. The summed E-state index contributed by atoms with van der Waals surface area (Å²) < 4.78 is 13.0. The molecule has 0 aliphatic carbocycles. The Labute approximate surface area is 149 Å². The zero-order chi connectivity index (χ0) is 17.8. The highest BCUT2D eigenvalue weighted by molar-refractivity contribution is 6.30. The standard InChI is InChI=1S/C19H15ClFN3O/c1-12(13-2-6-16(20)7-3-13)24-19(25)15-10-22-18(23-11-15)14-4-8-17(21)9-5-14/h2-12H,1H3,(H,24,25)/t12-/m1/s1. The maximum Gasteiger partial charge on any atom is 0.254 e. The SMILES string of the molecule is C[C@@H](NC(=O)c1cnc(-c2ccc(F)cc2)nc1)c1ccc(Cl)cc1. The summed E-state index contributed by atoms with van der Waals surface area (Å²) >= 11 is 5.87. The summed E-state index contributed by atoms with van der Waals surface area (Å²) in [5.74, 6) is -0.161. The van der Waals surface area contributed by atoms with Crippen molar-refractivity contribution in [2.24, 2.45) is 0 Å². The number of hydrogen-bond donors (Lipinski definition) is 1. The first kappa shape index (κ1) is 17.0. The first-order chi connectivity index (χ1) is 12.0. The molecular formula is C19H15ClFN3O. The van der Waals surface area contributed by atoms with Gasteiger partial charge in [-0.25, -0.2) is 14.4 Å². The molecule has 1 heterocycles. The van der Waals surface area contributed by atoms with Gasteiger partial charge in [-0.1, -0.05) is 23.7 Å². The van der Waals surface area contributed by atoms with E-state index in [1.165, 1.54) is 24.5 Å². The van der Waals surface area contributed by atoms with Crippen molar-refractivity contribution in [2.45, 2.75) is 13.0 Å². The average Bonchev–Trinajstić information content (AvgIpc) is 2.63. The number of halogens is 2. The fourth-order valence-electron chi connectivity index (χ4n) is 2.31. The Balaban J connectivity index is 1.70. The molecule has 4 nitrogen and oxygen atoms in total. The number of hydrogen-bond acceptors (Lipinski definition) is 3. The number of nitrogens with one attached hydrogen (secondary N) is 1. The number of carbonyl (C=O) groups is 1. The topological polar surface area (TPSA) is 54.9 Å². The van der Waals surface area contributed by atoms with Crippen LogP contribution in [0.1, 0.15) is 28.9 Å². The summed E-state index contributed by atoms with van der Waals surface area (Å²) in [4.78, 5) is 20.7. The lowest BCUT2D eigenvalue weighted by molar-refractivity contribution is 0.0939. The van der Waals surface area contributed by atoms with Gasteiger partial charge in [-0.15, -0.1) is 0 Å². The smallest absolute Gasteiger partial charge is 0.254 e. The molecule has 0 fully saturated rings. The van der Waals surface area contributed by atoms with Gasteiger partial charge in [0.25, 0.3) is 5.91 Å². The van der Waals surface area contributed by atoms with Gasteiger partial charge in [0, 0.05) is 23.0 Å². The van der Waals surface area contributed by atoms with Gasteiger partial charge in [-0.2, -0.15) is 0 Å². The third-order valence-corrected chi connectivity index (χ3v) is 3.99. The molecule has 0 radical (unpaired) electrons. The van der Waals surface area contributed by atoms with Crippen molar-refractivity contribution in [2.75, 3.05) is 0 Å². The molecule has 1 N–H and O–H groups in total. The molecule has 126 valence electrons. The molecule has 3 rings (SSSR count). The summed E-state index contributed by atoms with van der Waals surface area (Å²) in [6.07, 6.45) is 2.91. The average molecular weight is 356 g/mol. The number of rotatable bonds is 4. The van der Waals surface area contributed by atoms with E-state index in [0.717, 1.165) is 5.56 Å². The minimum atomic E-state index is -0.323. The summed E-state index contributed by atoms with van der Waals surface area (Å²) in [6, 6.07) is 13.0. The number of aromatic nitrogens is 2. The Kier molecular flexibility index (Phi) is 5.05. The molecule has 1 amide bonds. The molecule has 1 atom stereocenters. The highest BCUT2D eigenvalue weighted by Gasteiger charge is 2.13. The molecular weight excluding hydrogens is 341 g/mol. The van der Waals surface area contributed by atoms with E-state index in [-0.39, 0.29) is 17.8 Å². The highest BCUT2D eigenvalue weighted by Crippen LogP contribution is 2.17. The van der Waals surface area contributed by atoms with E-state index in [0.29, 0.717) is 22.0 Å². The number of amides is 1. The number of carbonyl (C=O) groups excluding carboxylic acids is 1. The summed E-state index contributed by atoms with van der Waals surface area (Å²) in [7, 11) is 0. The zero-order valence-electron chi connectivity index (χ0n) is 13.4. The van der Waals surface area contributed by atoms with Crippen LogP contribution in [0.4, 0.5) is 4.39 Å². The fourth-order valence-corrected chi connectivity index (χ4v) is 2.43. The zero-order valence-corrected chi connectivity index (χ0v) is 14.2. The van der Waals surface area contributed by atoms with E-state index < -0.39 is 0 Å². The van der Waals surface area contributed by atoms with Crippen molar-refractivity contribution in [3.8, 4) is 11.4 Å². The third kappa shape index (κ3) is 4.19. The van der Waals surface area contributed by atoms with Crippen LogP contribution < -0.4 is 5.32 Å². The van der Waals surface area contributed by atoms with Gasteiger partial charge >= 0.3 is 0 Å². The maximum atomic E-state index is 13.0. The van der Waals surface area contributed by atoms with Crippen LogP contribution in [0.25, 0.3) is 11.4 Å². The summed E-state index contributed by atoms with van der Waals surface area (Å²) in [5.41, 5.74) is 1.98. The van der Waals surface area contributed by atoms with Gasteiger partial charge < -0.3 is 5.32 Å². The van der Waals surface area contributed by atoms with E-state index in [2.05, 4.69) is 15.3 Å². The van der Waals surface area contributed by atoms with Crippen molar-refractivity contribution in [1.29, 1.82) is 0 Å². The normalized spacial score (nSPS) is 11.8. The van der Waals surface area contributed by atoms with E-state index in [9.17, 15) is 9.18 Å². The molecule has 0 aliphatic heterocycles. The predicted molar refractivity (Wildman–Crippen MR) is 94.8 cm³/mol. The largest absolute Gasteiger partial charge is 0.345 e. The summed E-state index contributed by atoms with van der Waals surface area (Å²) in [5, 5.41) is 3.53. The second-order valence-electron chi connectivity index (χ2n) is 5.55. The van der Waals surface area contributed by atoms with Crippen LogP contribution in [-0.2, 0) is 0 Å². The van der Waals surface area contributed by atoms with Crippen LogP contribution in [-0.4, -0.2) is 15.9 Å². The van der Waals surface area contributed by atoms with Crippen LogP contribution in [0.3, 0.4) is 0 Å². The Bertz CT molecular complexity index is 865. The number of benzene rings is 2. The van der Waals surface area contributed by atoms with Gasteiger partial charge in [0.15, 0.2) is 5.82 Å². The van der Waals surface area contributed by atoms with E-state index in [1.54, 1.807) is 24.3 Å². The lowest BCUT2D eigenvalue weighted by Crippen LogP contribution is -2.26. The lowest BCUT2D eigenvalue weighted by atomic mass is 10.1. The van der Waals surface area contributed by atoms with Crippen LogP contribution in [0.5, 0.6) is 0 Å². The molecule has 25 heavy (non-hydrogen) atoms. The van der Waals surface area contributed by atoms with Crippen LogP contribution in [0, 0.1) is 5.82 Å². The van der Waals surface area contributed by atoms with Crippen molar-refractivity contribution >= 4 is 17.5 Å². The van der Waals surface area contributed by atoms with E-state index in [1.807, 2.05) is 19.1 Å². The van der Waals surface area contributed by atoms with Crippen LogP contribution >= 0.6 is 11.6 Å². The second kappa shape index (κ2) is 7.40. The van der Waals surface area contributed by atoms with E-state index >= 15 is 0 Å². The van der Waals surface area contributed by atoms with Gasteiger partial charge in [0.1, 0.15) is 5.82 Å². The monoisotopic (exact) mass is 355 g/mol. The molecule has 0 spiro atoms. The Hall–Kier alpha value is -2.79. The second-order valence-corrected chi connectivity index (χ2v) is 5.99. The van der Waals surface area contributed by atoms with E-state index in [4.69, 9.17) is 11.6 Å². The number of nitrogens with zero attached hydrogens (tertiary/aromatic N) is 2. The molecule has 0 bridgehead atoms. The van der Waals surface area contributed by atoms with Crippen LogP contribution in [0.2, 0.25) is 5.02 Å². The van der Waals surface area contributed by atoms with Gasteiger partial charge in [-0.3, -0.25) is 4.79 Å². The van der Waals surface area contributed by atoms with Crippen LogP contribution in [0.15, 0.2) is 60.9 Å². The van der Waals surface area contributed by atoms with Crippen molar-refractivity contribution in [3.05, 3.63) is 82.9 Å². The molecule has 3 aromatic rings. The third-order valence-electron chi connectivity index (χ3n) is 3.73. The first-order valence-electron chi connectivity index (χ1n) is 7.67. The summed E-state index contributed by atoms with van der Waals surface area (Å²) in [6.45, 7) is 1.88.